The molecule has 0 radical (unpaired) electrons. The lowest BCUT2D eigenvalue weighted by molar-refractivity contribution is -0.144. The van der Waals surface area contributed by atoms with Crippen LogP contribution in [-0.4, -0.2) is 40.3 Å². The van der Waals surface area contributed by atoms with Crippen molar-refractivity contribution in [3.05, 3.63) is 0 Å². The van der Waals surface area contributed by atoms with Gasteiger partial charge in [-0.05, 0) is 26.7 Å². The molecule has 1 aliphatic carbocycles. The summed E-state index contributed by atoms with van der Waals surface area (Å²) in [6.07, 6.45) is 3.76. The standard InChI is InChI=1S/C13H24N4O3/c1-9(2)17(8-10(14)18)12(19)13(11(15)16-20)6-4-3-5-7-13/h9,20H,3-8H2,1-2H3,(H2,14,18)(H2,15,16). The molecule has 0 aromatic carbocycles. The maximum absolute atomic E-state index is 12.8. The third kappa shape index (κ3) is 3.20. The second kappa shape index (κ2) is 6.58. The summed E-state index contributed by atoms with van der Waals surface area (Å²) >= 11 is 0. The highest BCUT2D eigenvalue weighted by atomic mass is 16.4. The summed E-state index contributed by atoms with van der Waals surface area (Å²) < 4.78 is 0. The first kappa shape index (κ1) is 16.3. The third-order valence-electron chi connectivity index (χ3n) is 3.92. The van der Waals surface area contributed by atoms with E-state index >= 15 is 0 Å². The number of nitrogens with zero attached hydrogens (tertiary/aromatic N) is 2. The van der Waals surface area contributed by atoms with Gasteiger partial charge in [0.25, 0.3) is 0 Å². The van der Waals surface area contributed by atoms with Crippen LogP contribution in [0.15, 0.2) is 5.16 Å². The molecule has 1 aliphatic rings. The molecule has 0 bridgehead atoms. The van der Waals surface area contributed by atoms with Crippen LogP contribution < -0.4 is 11.5 Å². The summed E-state index contributed by atoms with van der Waals surface area (Å²) in [6, 6.07) is -0.180. The maximum atomic E-state index is 12.8. The highest BCUT2D eigenvalue weighted by Crippen LogP contribution is 2.38. The summed E-state index contributed by atoms with van der Waals surface area (Å²) in [5.41, 5.74) is 9.99. The Bertz CT molecular complexity index is 400. The number of amides is 2. The van der Waals surface area contributed by atoms with Crippen LogP contribution in [0.5, 0.6) is 0 Å². The highest BCUT2D eigenvalue weighted by molar-refractivity contribution is 6.07. The van der Waals surface area contributed by atoms with Crippen molar-refractivity contribution in [2.24, 2.45) is 22.0 Å². The van der Waals surface area contributed by atoms with E-state index in [4.69, 9.17) is 16.7 Å². The zero-order valence-electron chi connectivity index (χ0n) is 12.1. The number of rotatable bonds is 5. The van der Waals surface area contributed by atoms with Crippen molar-refractivity contribution < 1.29 is 14.8 Å². The van der Waals surface area contributed by atoms with Crippen molar-refractivity contribution >= 4 is 17.6 Å². The van der Waals surface area contributed by atoms with Crippen LogP contribution in [-0.2, 0) is 9.59 Å². The molecule has 2 amide bonds. The van der Waals surface area contributed by atoms with E-state index in [9.17, 15) is 9.59 Å². The summed E-state index contributed by atoms with van der Waals surface area (Å²) in [7, 11) is 0. The number of oxime groups is 1. The van der Waals surface area contributed by atoms with Gasteiger partial charge in [-0.3, -0.25) is 9.59 Å². The van der Waals surface area contributed by atoms with Gasteiger partial charge in [-0.15, -0.1) is 0 Å². The predicted molar refractivity (Wildman–Crippen MR) is 75.0 cm³/mol. The fraction of sp³-hybridized carbons (Fsp3) is 0.769. The van der Waals surface area contributed by atoms with Crippen LogP contribution >= 0.6 is 0 Å². The molecular weight excluding hydrogens is 260 g/mol. The van der Waals surface area contributed by atoms with Crippen molar-refractivity contribution in [1.29, 1.82) is 0 Å². The predicted octanol–water partition coefficient (Wildman–Crippen LogP) is 0.406. The van der Waals surface area contributed by atoms with E-state index in [2.05, 4.69) is 5.16 Å². The Kier molecular flexibility index (Phi) is 5.35. The molecule has 1 fully saturated rings. The Morgan fingerprint density at radius 2 is 1.80 bits per heavy atom. The van der Waals surface area contributed by atoms with Crippen molar-refractivity contribution in [2.45, 2.75) is 52.0 Å². The van der Waals surface area contributed by atoms with E-state index in [0.717, 1.165) is 19.3 Å². The van der Waals surface area contributed by atoms with Crippen molar-refractivity contribution in [2.75, 3.05) is 6.54 Å². The Hall–Kier alpha value is -1.79. The van der Waals surface area contributed by atoms with Gasteiger partial charge in [0.15, 0.2) is 5.84 Å². The lowest BCUT2D eigenvalue weighted by Crippen LogP contribution is -2.55. The fourth-order valence-electron chi connectivity index (χ4n) is 2.76. The van der Waals surface area contributed by atoms with Crippen LogP contribution in [0.2, 0.25) is 0 Å². The molecule has 114 valence electrons. The number of primary amides is 1. The average Bonchev–Trinajstić information content (AvgIpc) is 2.43. The molecular formula is C13H24N4O3. The molecule has 0 unspecified atom stereocenters. The molecule has 0 saturated heterocycles. The van der Waals surface area contributed by atoms with E-state index in [1.807, 2.05) is 13.8 Å². The normalized spacial score (nSPS) is 18.9. The van der Waals surface area contributed by atoms with E-state index in [-0.39, 0.29) is 24.3 Å². The molecule has 0 aliphatic heterocycles. The molecule has 7 nitrogen and oxygen atoms in total. The number of amidine groups is 1. The Morgan fingerprint density at radius 3 is 2.20 bits per heavy atom. The molecule has 0 spiro atoms. The first-order valence-corrected chi connectivity index (χ1v) is 6.92. The zero-order valence-corrected chi connectivity index (χ0v) is 12.1. The van der Waals surface area contributed by atoms with E-state index in [0.29, 0.717) is 12.8 Å². The van der Waals surface area contributed by atoms with Crippen molar-refractivity contribution in [1.82, 2.24) is 4.90 Å². The van der Waals surface area contributed by atoms with Gasteiger partial charge in [0.2, 0.25) is 11.8 Å². The molecule has 0 aromatic rings. The Labute approximate surface area is 119 Å². The summed E-state index contributed by atoms with van der Waals surface area (Å²) in [6.45, 7) is 3.46. The average molecular weight is 284 g/mol. The lowest BCUT2D eigenvalue weighted by atomic mass is 9.72. The topological polar surface area (TPSA) is 122 Å². The molecule has 1 rings (SSSR count). The second-order valence-electron chi connectivity index (χ2n) is 5.62. The highest BCUT2D eigenvalue weighted by Gasteiger charge is 2.46. The zero-order chi connectivity index (χ0) is 15.3. The Morgan fingerprint density at radius 1 is 1.25 bits per heavy atom. The number of hydrogen-bond acceptors (Lipinski definition) is 4. The minimum absolute atomic E-state index is 0.0719. The van der Waals surface area contributed by atoms with E-state index in [1.165, 1.54) is 4.90 Å². The largest absolute Gasteiger partial charge is 0.409 e. The molecule has 0 aromatic heterocycles. The molecule has 1 saturated carbocycles. The van der Waals surface area contributed by atoms with Crippen LogP contribution in [0.4, 0.5) is 0 Å². The van der Waals surface area contributed by atoms with Gasteiger partial charge in [0.05, 0.1) is 6.54 Å². The van der Waals surface area contributed by atoms with Crippen LogP contribution in [0.25, 0.3) is 0 Å². The van der Waals surface area contributed by atoms with Crippen LogP contribution in [0, 0.1) is 5.41 Å². The molecule has 0 atom stereocenters. The van der Waals surface area contributed by atoms with Crippen LogP contribution in [0.3, 0.4) is 0 Å². The molecule has 5 N–H and O–H groups in total. The smallest absolute Gasteiger partial charge is 0.237 e. The first-order chi connectivity index (χ1) is 9.35. The fourth-order valence-corrected chi connectivity index (χ4v) is 2.76. The van der Waals surface area contributed by atoms with E-state index in [1.54, 1.807) is 0 Å². The summed E-state index contributed by atoms with van der Waals surface area (Å²) in [5, 5.41) is 12.1. The quantitative estimate of drug-likeness (QED) is 0.293. The SMILES string of the molecule is CC(C)N(CC(N)=O)C(=O)C1(C(N)=NO)CCCCC1. The maximum Gasteiger partial charge on any atom is 0.237 e. The molecule has 0 heterocycles. The summed E-state index contributed by atoms with van der Waals surface area (Å²) in [4.78, 5) is 25.4. The van der Waals surface area contributed by atoms with Gasteiger partial charge >= 0.3 is 0 Å². The number of carbonyl (C=O) groups is 2. The first-order valence-electron chi connectivity index (χ1n) is 6.92. The van der Waals surface area contributed by atoms with Crippen molar-refractivity contribution in [3.8, 4) is 0 Å². The van der Waals surface area contributed by atoms with Crippen molar-refractivity contribution in [3.63, 3.8) is 0 Å². The lowest BCUT2D eigenvalue weighted by Gasteiger charge is -2.39. The van der Waals surface area contributed by atoms with Gasteiger partial charge in [-0.2, -0.15) is 0 Å². The second-order valence-corrected chi connectivity index (χ2v) is 5.62. The Balaban J connectivity index is 3.11. The van der Waals surface area contributed by atoms with Gasteiger partial charge in [-0.1, -0.05) is 24.4 Å². The van der Waals surface area contributed by atoms with E-state index < -0.39 is 11.3 Å². The molecule has 20 heavy (non-hydrogen) atoms. The third-order valence-corrected chi connectivity index (χ3v) is 3.92. The monoisotopic (exact) mass is 284 g/mol. The van der Waals surface area contributed by atoms with Gasteiger partial charge < -0.3 is 21.6 Å². The summed E-state index contributed by atoms with van der Waals surface area (Å²) in [5.74, 6) is -0.920. The van der Waals surface area contributed by atoms with Gasteiger partial charge in [-0.25, -0.2) is 0 Å². The van der Waals surface area contributed by atoms with Gasteiger partial charge in [0.1, 0.15) is 5.41 Å². The minimum atomic E-state index is -1.01. The number of carbonyl (C=O) groups excluding carboxylic acids is 2. The number of nitrogens with two attached hydrogens (primary N) is 2. The van der Waals surface area contributed by atoms with Gasteiger partial charge in [0, 0.05) is 6.04 Å². The van der Waals surface area contributed by atoms with Crippen LogP contribution in [0.1, 0.15) is 46.0 Å². The number of hydrogen-bond donors (Lipinski definition) is 3. The minimum Gasteiger partial charge on any atom is -0.409 e. The molecule has 7 heteroatoms.